The van der Waals surface area contributed by atoms with Crippen molar-refractivity contribution in [2.24, 2.45) is 0 Å². The van der Waals surface area contributed by atoms with Gasteiger partial charge in [0.05, 0.1) is 17.4 Å². The van der Waals surface area contributed by atoms with Crippen LogP contribution in [0.4, 0.5) is 5.69 Å². The maximum Gasteiger partial charge on any atom is 0.269 e. The van der Waals surface area contributed by atoms with Gasteiger partial charge in [0.15, 0.2) is 0 Å². The Bertz CT molecular complexity index is 651. The van der Waals surface area contributed by atoms with Crippen LogP contribution in [-0.2, 0) is 0 Å². The number of non-ortho nitro benzene ring substituents is 1. The summed E-state index contributed by atoms with van der Waals surface area (Å²) in [6.07, 6.45) is 4.62. The summed E-state index contributed by atoms with van der Waals surface area (Å²) in [6, 6.07) is 14.0. The topological polar surface area (TPSA) is 52.4 Å². The zero-order valence-corrected chi connectivity index (χ0v) is 12.9. The van der Waals surface area contributed by atoms with Crippen LogP contribution in [0.1, 0.15) is 22.9 Å². The van der Waals surface area contributed by atoms with Crippen LogP contribution >= 0.6 is 11.6 Å². The molecule has 2 aromatic carbocycles. The Morgan fingerprint density at radius 2 is 1.82 bits per heavy atom. The van der Waals surface area contributed by atoms with Crippen LogP contribution in [0.5, 0.6) is 5.75 Å². The van der Waals surface area contributed by atoms with E-state index in [0.29, 0.717) is 6.42 Å². The van der Waals surface area contributed by atoms with Gasteiger partial charge in [-0.25, -0.2) is 0 Å². The molecule has 0 heterocycles. The van der Waals surface area contributed by atoms with Crippen LogP contribution < -0.4 is 4.74 Å². The number of nitrogens with zero attached hydrogens (tertiary/aromatic N) is 1. The molecule has 0 N–H and O–H groups in total. The Morgan fingerprint density at radius 3 is 2.36 bits per heavy atom. The summed E-state index contributed by atoms with van der Waals surface area (Å²) in [6.45, 7) is 0. The zero-order valence-electron chi connectivity index (χ0n) is 12.1. The van der Waals surface area contributed by atoms with Crippen molar-refractivity contribution in [3.05, 3.63) is 75.8 Å². The van der Waals surface area contributed by atoms with Crippen molar-refractivity contribution in [3.63, 3.8) is 0 Å². The summed E-state index contributed by atoms with van der Waals surface area (Å²) in [7, 11) is 1.63. The Morgan fingerprint density at radius 1 is 1.18 bits per heavy atom. The van der Waals surface area contributed by atoms with E-state index >= 15 is 0 Å². The highest BCUT2D eigenvalue weighted by molar-refractivity contribution is 6.20. The van der Waals surface area contributed by atoms with Gasteiger partial charge in [-0.2, -0.15) is 0 Å². The third-order valence-corrected chi connectivity index (χ3v) is 3.66. The van der Waals surface area contributed by atoms with Crippen molar-refractivity contribution in [2.75, 3.05) is 7.11 Å². The van der Waals surface area contributed by atoms with Crippen molar-refractivity contribution < 1.29 is 9.66 Å². The Balaban J connectivity index is 1.94. The molecule has 2 aromatic rings. The van der Waals surface area contributed by atoms with Crippen molar-refractivity contribution in [1.29, 1.82) is 0 Å². The molecule has 1 atom stereocenters. The molecule has 0 saturated heterocycles. The largest absolute Gasteiger partial charge is 0.497 e. The molecule has 0 aliphatic carbocycles. The molecule has 0 bridgehead atoms. The van der Waals surface area contributed by atoms with Crippen molar-refractivity contribution in [2.45, 2.75) is 11.8 Å². The second-order valence-corrected chi connectivity index (χ2v) is 5.25. The van der Waals surface area contributed by atoms with Gasteiger partial charge in [-0.3, -0.25) is 10.1 Å². The fraction of sp³-hybridized carbons (Fsp3) is 0.176. The second kappa shape index (κ2) is 7.61. The number of rotatable bonds is 6. The van der Waals surface area contributed by atoms with Crippen molar-refractivity contribution in [1.82, 2.24) is 0 Å². The Hall–Kier alpha value is -2.33. The number of allylic oxidation sites excluding steroid dienone is 1. The van der Waals surface area contributed by atoms with Crippen LogP contribution in [0.2, 0.25) is 0 Å². The predicted molar refractivity (Wildman–Crippen MR) is 88.3 cm³/mol. The van der Waals surface area contributed by atoms with Gasteiger partial charge < -0.3 is 4.74 Å². The van der Waals surface area contributed by atoms with Gasteiger partial charge >= 0.3 is 0 Å². The van der Waals surface area contributed by atoms with E-state index in [1.165, 1.54) is 12.1 Å². The number of halogens is 1. The smallest absolute Gasteiger partial charge is 0.269 e. The number of hydrogen-bond donors (Lipinski definition) is 0. The SMILES string of the molecule is COc1ccc(/C=C/CC(Cl)c2ccc([N+](=O)[O-])cc2)cc1. The van der Waals surface area contributed by atoms with Gasteiger partial charge in [0.1, 0.15) is 5.75 Å². The highest BCUT2D eigenvalue weighted by atomic mass is 35.5. The molecule has 0 aromatic heterocycles. The molecule has 0 radical (unpaired) electrons. The molecule has 0 fully saturated rings. The molecule has 0 aliphatic rings. The van der Waals surface area contributed by atoms with E-state index in [0.717, 1.165) is 16.9 Å². The number of nitro benzene ring substituents is 1. The average molecular weight is 318 g/mol. The summed E-state index contributed by atoms with van der Waals surface area (Å²) in [5, 5.41) is 10.4. The third-order valence-electron chi connectivity index (χ3n) is 3.23. The molecule has 22 heavy (non-hydrogen) atoms. The minimum absolute atomic E-state index is 0.0707. The summed E-state index contributed by atoms with van der Waals surface area (Å²) in [5.74, 6) is 0.818. The maximum atomic E-state index is 10.6. The van der Waals surface area contributed by atoms with E-state index in [-0.39, 0.29) is 11.1 Å². The zero-order chi connectivity index (χ0) is 15.9. The minimum atomic E-state index is -0.420. The number of benzene rings is 2. The first-order chi connectivity index (χ1) is 10.6. The molecular formula is C17H16ClNO3. The number of methoxy groups -OCH3 is 1. The lowest BCUT2D eigenvalue weighted by Gasteiger charge is -2.06. The Kier molecular flexibility index (Phi) is 5.55. The van der Waals surface area contributed by atoms with Gasteiger partial charge in [0.25, 0.3) is 5.69 Å². The number of hydrogen-bond acceptors (Lipinski definition) is 3. The van der Waals surface area contributed by atoms with Crippen LogP contribution in [0, 0.1) is 10.1 Å². The summed E-state index contributed by atoms with van der Waals surface area (Å²) < 4.78 is 5.10. The monoisotopic (exact) mass is 317 g/mol. The highest BCUT2D eigenvalue weighted by Gasteiger charge is 2.09. The summed E-state index contributed by atoms with van der Waals surface area (Å²) in [5.41, 5.74) is 2.00. The first-order valence-corrected chi connectivity index (χ1v) is 7.23. The minimum Gasteiger partial charge on any atom is -0.497 e. The fourth-order valence-corrected chi connectivity index (χ4v) is 2.23. The lowest BCUT2D eigenvalue weighted by atomic mass is 10.1. The van der Waals surface area contributed by atoms with E-state index in [9.17, 15) is 10.1 Å². The fourth-order valence-electron chi connectivity index (χ4n) is 1.98. The number of alkyl halides is 1. The van der Waals surface area contributed by atoms with Crippen LogP contribution in [-0.4, -0.2) is 12.0 Å². The molecular weight excluding hydrogens is 302 g/mol. The molecule has 114 valence electrons. The van der Waals surface area contributed by atoms with E-state index in [1.54, 1.807) is 19.2 Å². The molecule has 0 spiro atoms. The van der Waals surface area contributed by atoms with Gasteiger partial charge in [-0.1, -0.05) is 36.4 Å². The number of nitro groups is 1. The second-order valence-electron chi connectivity index (χ2n) is 4.73. The Labute approximate surface area is 134 Å². The molecule has 0 amide bonds. The van der Waals surface area contributed by atoms with E-state index in [2.05, 4.69) is 0 Å². The van der Waals surface area contributed by atoms with E-state index in [1.807, 2.05) is 36.4 Å². The molecule has 5 heteroatoms. The van der Waals surface area contributed by atoms with Gasteiger partial charge in [-0.15, -0.1) is 11.6 Å². The maximum absolute atomic E-state index is 10.6. The van der Waals surface area contributed by atoms with E-state index in [4.69, 9.17) is 16.3 Å². The van der Waals surface area contributed by atoms with Gasteiger partial charge in [-0.05, 0) is 29.7 Å². The average Bonchev–Trinajstić information content (AvgIpc) is 2.55. The third kappa shape index (κ3) is 4.33. The normalized spacial score (nSPS) is 12.3. The van der Waals surface area contributed by atoms with Crippen LogP contribution in [0.3, 0.4) is 0 Å². The molecule has 0 aliphatic heterocycles. The molecule has 1 unspecified atom stereocenters. The van der Waals surface area contributed by atoms with Crippen molar-refractivity contribution in [3.8, 4) is 5.75 Å². The highest BCUT2D eigenvalue weighted by Crippen LogP contribution is 2.26. The summed E-state index contributed by atoms with van der Waals surface area (Å²) >= 11 is 6.31. The first kappa shape index (κ1) is 16.0. The van der Waals surface area contributed by atoms with Crippen LogP contribution in [0.15, 0.2) is 54.6 Å². The lowest BCUT2D eigenvalue weighted by molar-refractivity contribution is -0.384. The van der Waals surface area contributed by atoms with Gasteiger partial charge in [0.2, 0.25) is 0 Å². The number of ether oxygens (including phenoxy) is 1. The molecule has 2 rings (SSSR count). The van der Waals surface area contributed by atoms with Gasteiger partial charge in [0, 0.05) is 12.1 Å². The first-order valence-electron chi connectivity index (χ1n) is 6.79. The quantitative estimate of drug-likeness (QED) is 0.428. The standard InChI is InChI=1S/C17H16ClNO3/c1-22-16-11-5-13(6-12-16)3-2-4-17(18)14-7-9-15(10-8-14)19(20)21/h2-3,5-12,17H,4H2,1H3/b3-2+. The predicted octanol–water partition coefficient (Wildman–Crippen LogP) is 4.99. The lowest BCUT2D eigenvalue weighted by Crippen LogP contribution is -1.91. The van der Waals surface area contributed by atoms with Crippen LogP contribution in [0.25, 0.3) is 6.08 Å². The van der Waals surface area contributed by atoms with Crippen molar-refractivity contribution >= 4 is 23.4 Å². The molecule has 4 nitrogen and oxygen atoms in total. The summed E-state index contributed by atoms with van der Waals surface area (Å²) in [4.78, 5) is 10.2. The van der Waals surface area contributed by atoms with E-state index < -0.39 is 4.92 Å². The molecule has 0 saturated carbocycles.